The third-order valence-electron chi connectivity index (χ3n) is 4.11. The van der Waals surface area contributed by atoms with Gasteiger partial charge < -0.3 is 20.1 Å². The number of fused-ring (bicyclic) bond motifs is 1. The van der Waals surface area contributed by atoms with Gasteiger partial charge in [-0.3, -0.25) is 4.90 Å². The molecule has 0 radical (unpaired) electrons. The van der Waals surface area contributed by atoms with Gasteiger partial charge in [0.2, 0.25) is 0 Å². The zero-order valence-electron chi connectivity index (χ0n) is 12.1. The lowest BCUT2D eigenvalue weighted by Crippen LogP contribution is -2.45. The highest BCUT2D eigenvalue weighted by atomic mass is 16.6. The summed E-state index contributed by atoms with van der Waals surface area (Å²) in [7, 11) is 0. The second-order valence-corrected chi connectivity index (χ2v) is 5.41. The normalized spacial score (nSPS) is 20.1. The van der Waals surface area contributed by atoms with Crippen molar-refractivity contribution in [3.8, 4) is 11.5 Å². The molecule has 5 heteroatoms. The monoisotopic (exact) mass is 277 g/mol. The maximum Gasteiger partial charge on any atom is 0.163 e. The molecule has 0 spiro atoms. The number of nitrogen functional groups attached to an aromatic ring is 1. The first-order valence-electron chi connectivity index (χ1n) is 7.39. The van der Waals surface area contributed by atoms with Crippen LogP contribution in [0.5, 0.6) is 11.5 Å². The van der Waals surface area contributed by atoms with Gasteiger partial charge in [-0.2, -0.15) is 0 Å². The Kier molecular flexibility index (Phi) is 3.98. The van der Waals surface area contributed by atoms with Crippen molar-refractivity contribution in [2.45, 2.75) is 13.5 Å². The SMILES string of the molecule is CCN1CCN(Cc2cc3c(cc2N)OCCO3)CC1. The molecule has 0 amide bonds. The second-order valence-electron chi connectivity index (χ2n) is 5.41. The van der Waals surface area contributed by atoms with Crippen molar-refractivity contribution in [2.75, 3.05) is 51.7 Å². The van der Waals surface area contributed by atoms with Crippen molar-refractivity contribution in [3.05, 3.63) is 17.7 Å². The fourth-order valence-corrected chi connectivity index (χ4v) is 2.79. The van der Waals surface area contributed by atoms with Gasteiger partial charge in [0.25, 0.3) is 0 Å². The number of piperazine rings is 1. The van der Waals surface area contributed by atoms with Gasteiger partial charge in [-0.05, 0) is 18.2 Å². The fraction of sp³-hybridized carbons (Fsp3) is 0.600. The van der Waals surface area contributed by atoms with Crippen LogP contribution < -0.4 is 15.2 Å². The van der Waals surface area contributed by atoms with Crippen LogP contribution in [0.25, 0.3) is 0 Å². The first-order chi connectivity index (χ1) is 9.76. The van der Waals surface area contributed by atoms with Crippen LogP contribution in [0.2, 0.25) is 0 Å². The zero-order chi connectivity index (χ0) is 13.9. The van der Waals surface area contributed by atoms with Crippen molar-refractivity contribution in [1.82, 2.24) is 9.80 Å². The minimum absolute atomic E-state index is 0.602. The summed E-state index contributed by atoms with van der Waals surface area (Å²) >= 11 is 0. The highest BCUT2D eigenvalue weighted by molar-refractivity contribution is 5.58. The Labute approximate surface area is 120 Å². The van der Waals surface area contributed by atoms with Crippen molar-refractivity contribution < 1.29 is 9.47 Å². The van der Waals surface area contributed by atoms with Crippen LogP contribution in [-0.4, -0.2) is 55.7 Å². The topological polar surface area (TPSA) is 51.0 Å². The molecule has 1 fully saturated rings. The van der Waals surface area contributed by atoms with Gasteiger partial charge in [0, 0.05) is 44.5 Å². The number of anilines is 1. The van der Waals surface area contributed by atoms with Gasteiger partial charge in [0.15, 0.2) is 11.5 Å². The number of hydrogen-bond donors (Lipinski definition) is 1. The molecule has 0 unspecified atom stereocenters. The molecule has 20 heavy (non-hydrogen) atoms. The molecule has 1 saturated heterocycles. The smallest absolute Gasteiger partial charge is 0.163 e. The molecule has 2 N–H and O–H groups in total. The standard InChI is InChI=1S/C15H23N3O2/c1-2-17-3-5-18(6-4-17)11-12-9-14-15(10-13(12)16)20-8-7-19-14/h9-10H,2-8,11,16H2,1H3. The average molecular weight is 277 g/mol. The number of nitrogens with two attached hydrogens (primary N) is 1. The Hall–Kier alpha value is -1.46. The fourth-order valence-electron chi connectivity index (χ4n) is 2.79. The van der Waals surface area contributed by atoms with Gasteiger partial charge in [-0.25, -0.2) is 0 Å². The molecule has 110 valence electrons. The summed E-state index contributed by atoms with van der Waals surface area (Å²) in [6.07, 6.45) is 0. The number of benzene rings is 1. The molecule has 0 atom stereocenters. The summed E-state index contributed by atoms with van der Waals surface area (Å²) in [4.78, 5) is 4.93. The molecular formula is C15H23N3O2. The predicted molar refractivity (Wildman–Crippen MR) is 79.2 cm³/mol. The van der Waals surface area contributed by atoms with Crippen LogP contribution in [0.4, 0.5) is 5.69 Å². The summed E-state index contributed by atoms with van der Waals surface area (Å²) in [5.74, 6) is 1.60. The Morgan fingerprint density at radius 3 is 2.25 bits per heavy atom. The quantitative estimate of drug-likeness (QED) is 0.841. The van der Waals surface area contributed by atoms with Crippen LogP contribution in [0, 0.1) is 0 Å². The third kappa shape index (κ3) is 2.83. The van der Waals surface area contributed by atoms with Crippen LogP contribution in [0.3, 0.4) is 0 Å². The zero-order valence-corrected chi connectivity index (χ0v) is 12.1. The molecule has 2 aliphatic rings. The van der Waals surface area contributed by atoms with Crippen molar-refractivity contribution in [1.29, 1.82) is 0 Å². The van der Waals surface area contributed by atoms with E-state index in [0.717, 1.165) is 62.0 Å². The lowest BCUT2D eigenvalue weighted by atomic mass is 10.1. The average Bonchev–Trinajstić information content (AvgIpc) is 2.49. The summed E-state index contributed by atoms with van der Waals surface area (Å²) < 4.78 is 11.2. The number of ether oxygens (including phenoxy) is 2. The number of hydrogen-bond acceptors (Lipinski definition) is 5. The maximum absolute atomic E-state index is 6.14. The van der Waals surface area contributed by atoms with Gasteiger partial charge in [0.05, 0.1) is 0 Å². The van der Waals surface area contributed by atoms with E-state index in [0.29, 0.717) is 13.2 Å². The van der Waals surface area contributed by atoms with Gasteiger partial charge in [-0.15, -0.1) is 0 Å². The minimum atomic E-state index is 0.602. The number of likely N-dealkylation sites (N-methyl/N-ethyl adjacent to an activating group) is 1. The molecule has 1 aromatic carbocycles. The lowest BCUT2D eigenvalue weighted by molar-refractivity contribution is 0.131. The Balaban J connectivity index is 1.68. The highest BCUT2D eigenvalue weighted by Gasteiger charge is 2.19. The minimum Gasteiger partial charge on any atom is -0.486 e. The Bertz CT molecular complexity index is 470. The summed E-state index contributed by atoms with van der Waals surface area (Å²) in [5, 5.41) is 0. The molecule has 0 saturated carbocycles. The van der Waals surface area contributed by atoms with E-state index in [1.165, 1.54) is 0 Å². The van der Waals surface area contributed by atoms with E-state index in [1.54, 1.807) is 0 Å². The van der Waals surface area contributed by atoms with Crippen LogP contribution in [-0.2, 0) is 6.54 Å². The van der Waals surface area contributed by atoms with E-state index in [4.69, 9.17) is 15.2 Å². The molecule has 0 aliphatic carbocycles. The number of nitrogens with zero attached hydrogens (tertiary/aromatic N) is 2. The van der Waals surface area contributed by atoms with Gasteiger partial charge >= 0.3 is 0 Å². The van der Waals surface area contributed by atoms with Crippen LogP contribution >= 0.6 is 0 Å². The Morgan fingerprint density at radius 2 is 1.60 bits per heavy atom. The molecule has 1 aromatic rings. The van der Waals surface area contributed by atoms with E-state index in [1.807, 2.05) is 12.1 Å². The summed E-state index contributed by atoms with van der Waals surface area (Å²) in [6, 6.07) is 3.93. The molecule has 3 rings (SSSR count). The third-order valence-corrected chi connectivity index (χ3v) is 4.11. The van der Waals surface area contributed by atoms with Crippen LogP contribution in [0.15, 0.2) is 12.1 Å². The molecule has 5 nitrogen and oxygen atoms in total. The first-order valence-corrected chi connectivity index (χ1v) is 7.39. The summed E-state index contributed by atoms with van der Waals surface area (Å²) in [6.45, 7) is 9.94. The van der Waals surface area contributed by atoms with Crippen molar-refractivity contribution in [3.63, 3.8) is 0 Å². The lowest BCUT2D eigenvalue weighted by Gasteiger charge is -2.34. The van der Waals surface area contributed by atoms with E-state index < -0.39 is 0 Å². The van der Waals surface area contributed by atoms with E-state index in [2.05, 4.69) is 16.7 Å². The van der Waals surface area contributed by atoms with Gasteiger partial charge in [0.1, 0.15) is 13.2 Å². The first kappa shape index (κ1) is 13.5. The maximum atomic E-state index is 6.14. The molecule has 2 heterocycles. The van der Waals surface area contributed by atoms with Crippen molar-refractivity contribution in [2.24, 2.45) is 0 Å². The van der Waals surface area contributed by atoms with Crippen molar-refractivity contribution >= 4 is 5.69 Å². The Morgan fingerprint density at radius 1 is 1.00 bits per heavy atom. The number of rotatable bonds is 3. The second kappa shape index (κ2) is 5.89. The molecule has 0 bridgehead atoms. The summed E-state index contributed by atoms with van der Waals surface area (Å²) in [5.41, 5.74) is 8.08. The van der Waals surface area contributed by atoms with E-state index >= 15 is 0 Å². The van der Waals surface area contributed by atoms with Gasteiger partial charge in [-0.1, -0.05) is 6.92 Å². The largest absolute Gasteiger partial charge is 0.486 e. The highest BCUT2D eigenvalue weighted by Crippen LogP contribution is 2.34. The molecule has 0 aromatic heterocycles. The molecular weight excluding hydrogens is 254 g/mol. The predicted octanol–water partition coefficient (Wildman–Crippen LogP) is 1.18. The molecule has 2 aliphatic heterocycles. The van der Waals surface area contributed by atoms with E-state index in [-0.39, 0.29) is 0 Å². The van der Waals surface area contributed by atoms with Crippen LogP contribution in [0.1, 0.15) is 12.5 Å². The van der Waals surface area contributed by atoms with E-state index in [9.17, 15) is 0 Å².